The molecule has 0 unspecified atom stereocenters. The number of aryl methyl sites for hydroxylation is 3. The molecule has 0 saturated heterocycles. The Morgan fingerprint density at radius 2 is 1.62 bits per heavy atom. The standard InChI is InChI=1S/C26H23FN2O4S/c1-16-5-9-20(10-6-16)34(32,33)24-14-29(23-11-8-19(27)13-21(23)26(24)31)15-25(30)28-22-12-17(2)4-7-18(22)3/h4-14H,15H2,1-3H3,(H,28,30). The van der Waals surface area contributed by atoms with Crippen LogP contribution in [-0.4, -0.2) is 18.9 Å². The van der Waals surface area contributed by atoms with E-state index in [-0.39, 0.29) is 22.3 Å². The van der Waals surface area contributed by atoms with Gasteiger partial charge in [-0.2, -0.15) is 0 Å². The number of anilines is 1. The van der Waals surface area contributed by atoms with Crippen molar-refractivity contribution >= 4 is 32.3 Å². The molecule has 8 heteroatoms. The molecule has 6 nitrogen and oxygen atoms in total. The summed E-state index contributed by atoms with van der Waals surface area (Å²) < 4.78 is 42.0. The molecule has 4 rings (SSSR count). The number of carbonyl (C=O) groups excluding carboxylic acids is 1. The monoisotopic (exact) mass is 478 g/mol. The lowest BCUT2D eigenvalue weighted by atomic mass is 10.1. The highest BCUT2D eigenvalue weighted by Crippen LogP contribution is 2.23. The number of rotatable bonds is 5. The van der Waals surface area contributed by atoms with E-state index in [1.54, 1.807) is 12.1 Å². The Morgan fingerprint density at radius 3 is 2.32 bits per heavy atom. The minimum Gasteiger partial charge on any atom is -0.336 e. The Hall–Kier alpha value is -3.78. The molecule has 0 aliphatic carbocycles. The van der Waals surface area contributed by atoms with Crippen molar-refractivity contribution in [3.05, 3.63) is 99.6 Å². The zero-order valence-corrected chi connectivity index (χ0v) is 19.7. The van der Waals surface area contributed by atoms with Crippen LogP contribution >= 0.6 is 0 Å². The van der Waals surface area contributed by atoms with Gasteiger partial charge in [0.2, 0.25) is 21.2 Å². The number of carbonyl (C=O) groups is 1. The number of sulfone groups is 1. The fourth-order valence-electron chi connectivity index (χ4n) is 3.72. The lowest BCUT2D eigenvalue weighted by molar-refractivity contribution is -0.116. The normalized spacial score (nSPS) is 11.5. The number of halogens is 1. The summed E-state index contributed by atoms with van der Waals surface area (Å²) in [5.41, 5.74) is 2.77. The summed E-state index contributed by atoms with van der Waals surface area (Å²) in [5.74, 6) is -1.09. The zero-order valence-electron chi connectivity index (χ0n) is 18.9. The van der Waals surface area contributed by atoms with Gasteiger partial charge in [0.25, 0.3) is 0 Å². The van der Waals surface area contributed by atoms with Crippen molar-refractivity contribution in [2.45, 2.75) is 37.1 Å². The largest absolute Gasteiger partial charge is 0.336 e. The average Bonchev–Trinajstić information content (AvgIpc) is 2.78. The predicted molar refractivity (Wildman–Crippen MR) is 129 cm³/mol. The van der Waals surface area contributed by atoms with E-state index in [2.05, 4.69) is 5.32 Å². The van der Waals surface area contributed by atoms with Gasteiger partial charge in [0.1, 0.15) is 17.3 Å². The predicted octanol–water partition coefficient (Wildman–Crippen LogP) is 4.54. The molecule has 0 aliphatic heterocycles. The van der Waals surface area contributed by atoms with Crippen molar-refractivity contribution < 1.29 is 17.6 Å². The van der Waals surface area contributed by atoms with E-state index < -0.39 is 31.9 Å². The first-order valence-corrected chi connectivity index (χ1v) is 12.1. The maximum Gasteiger partial charge on any atom is 0.244 e. The summed E-state index contributed by atoms with van der Waals surface area (Å²) in [6.45, 7) is 5.31. The molecule has 174 valence electrons. The molecule has 34 heavy (non-hydrogen) atoms. The third-order valence-corrected chi connectivity index (χ3v) is 7.37. The Balaban J connectivity index is 1.83. The Morgan fingerprint density at radius 1 is 0.941 bits per heavy atom. The van der Waals surface area contributed by atoms with Gasteiger partial charge in [-0.3, -0.25) is 9.59 Å². The van der Waals surface area contributed by atoms with Gasteiger partial charge in [-0.25, -0.2) is 12.8 Å². The maximum atomic E-state index is 14.0. The molecule has 1 aromatic heterocycles. The average molecular weight is 479 g/mol. The number of aromatic nitrogens is 1. The third-order valence-electron chi connectivity index (χ3n) is 5.61. The van der Waals surface area contributed by atoms with Crippen molar-refractivity contribution in [1.29, 1.82) is 0 Å². The highest BCUT2D eigenvalue weighted by molar-refractivity contribution is 7.91. The molecule has 3 aromatic carbocycles. The molecule has 0 radical (unpaired) electrons. The molecule has 0 aliphatic rings. The molecular weight excluding hydrogens is 455 g/mol. The number of pyridine rings is 1. The Kier molecular flexibility index (Phi) is 6.10. The summed E-state index contributed by atoms with van der Waals surface area (Å²) in [4.78, 5) is 25.4. The van der Waals surface area contributed by atoms with Gasteiger partial charge in [0.05, 0.1) is 10.4 Å². The van der Waals surface area contributed by atoms with Gasteiger partial charge in [-0.1, -0.05) is 29.8 Å². The number of hydrogen-bond donors (Lipinski definition) is 1. The molecule has 0 atom stereocenters. The summed E-state index contributed by atoms with van der Waals surface area (Å²) in [6, 6.07) is 15.2. The highest BCUT2D eigenvalue weighted by Gasteiger charge is 2.24. The van der Waals surface area contributed by atoms with Gasteiger partial charge in [0.15, 0.2) is 0 Å². The summed E-state index contributed by atoms with van der Waals surface area (Å²) in [7, 11) is -4.21. The van der Waals surface area contributed by atoms with E-state index in [0.29, 0.717) is 5.69 Å². The van der Waals surface area contributed by atoms with Crippen molar-refractivity contribution in [3.63, 3.8) is 0 Å². The van der Waals surface area contributed by atoms with E-state index in [9.17, 15) is 22.4 Å². The molecule has 1 amide bonds. The van der Waals surface area contributed by atoms with Crippen LogP contribution in [0, 0.1) is 26.6 Å². The molecule has 0 spiro atoms. The van der Waals surface area contributed by atoms with Crippen molar-refractivity contribution in [2.75, 3.05) is 5.32 Å². The van der Waals surface area contributed by atoms with Crippen LogP contribution in [0.15, 0.2) is 81.4 Å². The number of nitrogens with one attached hydrogen (secondary N) is 1. The van der Waals surface area contributed by atoms with E-state index >= 15 is 0 Å². The Labute approximate surface area is 196 Å². The quantitative estimate of drug-likeness (QED) is 0.457. The van der Waals surface area contributed by atoms with Crippen LogP contribution in [0.5, 0.6) is 0 Å². The van der Waals surface area contributed by atoms with Gasteiger partial charge in [-0.05, 0) is 68.3 Å². The van der Waals surface area contributed by atoms with Crippen molar-refractivity contribution in [2.24, 2.45) is 0 Å². The maximum absolute atomic E-state index is 14.0. The van der Waals surface area contributed by atoms with E-state index in [0.717, 1.165) is 35.0 Å². The first-order chi connectivity index (χ1) is 16.1. The number of hydrogen-bond acceptors (Lipinski definition) is 4. The Bertz CT molecular complexity index is 1590. The zero-order chi connectivity index (χ0) is 24.6. The van der Waals surface area contributed by atoms with Crippen LogP contribution in [0.2, 0.25) is 0 Å². The van der Waals surface area contributed by atoms with Crippen LogP contribution in [0.1, 0.15) is 16.7 Å². The molecular formula is C26H23FN2O4S. The van der Waals surface area contributed by atoms with E-state index in [1.165, 1.54) is 22.8 Å². The summed E-state index contributed by atoms with van der Waals surface area (Å²) >= 11 is 0. The fourth-order valence-corrected chi connectivity index (χ4v) is 5.09. The second-order valence-electron chi connectivity index (χ2n) is 8.29. The second kappa shape index (κ2) is 8.87. The molecule has 4 aromatic rings. The topological polar surface area (TPSA) is 85.2 Å². The van der Waals surface area contributed by atoms with Crippen molar-refractivity contribution in [1.82, 2.24) is 4.57 Å². The number of amides is 1. The van der Waals surface area contributed by atoms with Crippen LogP contribution < -0.4 is 10.7 Å². The lowest BCUT2D eigenvalue weighted by Crippen LogP contribution is -2.24. The SMILES string of the molecule is Cc1ccc(S(=O)(=O)c2cn(CC(=O)Nc3cc(C)ccc3C)c3ccc(F)cc3c2=O)cc1. The number of benzene rings is 3. The third kappa shape index (κ3) is 4.49. The molecule has 0 fully saturated rings. The van der Waals surface area contributed by atoms with Crippen LogP contribution in [0.3, 0.4) is 0 Å². The highest BCUT2D eigenvalue weighted by atomic mass is 32.2. The van der Waals surface area contributed by atoms with E-state index in [4.69, 9.17) is 0 Å². The molecule has 0 bridgehead atoms. The molecule has 1 heterocycles. The van der Waals surface area contributed by atoms with E-state index in [1.807, 2.05) is 39.0 Å². The summed E-state index contributed by atoms with van der Waals surface area (Å²) in [6.07, 6.45) is 1.15. The van der Waals surface area contributed by atoms with Crippen LogP contribution in [-0.2, 0) is 21.2 Å². The van der Waals surface area contributed by atoms with Crippen LogP contribution in [0.4, 0.5) is 10.1 Å². The van der Waals surface area contributed by atoms with Crippen molar-refractivity contribution in [3.8, 4) is 0 Å². The first-order valence-electron chi connectivity index (χ1n) is 10.6. The minimum atomic E-state index is -4.21. The number of fused-ring (bicyclic) bond motifs is 1. The second-order valence-corrected chi connectivity index (χ2v) is 10.2. The first kappa shape index (κ1) is 23.4. The molecule has 0 saturated carbocycles. The smallest absolute Gasteiger partial charge is 0.244 e. The van der Waals surface area contributed by atoms with Gasteiger partial charge >= 0.3 is 0 Å². The van der Waals surface area contributed by atoms with Gasteiger partial charge < -0.3 is 9.88 Å². The van der Waals surface area contributed by atoms with Crippen LogP contribution in [0.25, 0.3) is 10.9 Å². The number of nitrogens with zero attached hydrogens (tertiary/aromatic N) is 1. The van der Waals surface area contributed by atoms with Gasteiger partial charge in [-0.15, -0.1) is 0 Å². The summed E-state index contributed by atoms with van der Waals surface area (Å²) in [5, 5.41) is 2.71. The van der Waals surface area contributed by atoms with Gasteiger partial charge in [0, 0.05) is 17.3 Å². The fraction of sp³-hybridized carbons (Fsp3) is 0.154. The molecule has 1 N–H and O–H groups in total. The minimum absolute atomic E-state index is 0.0580. The lowest BCUT2D eigenvalue weighted by Gasteiger charge is -2.15.